The molecule has 140 valence electrons. The van der Waals surface area contributed by atoms with Crippen molar-refractivity contribution in [2.75, 3.05) is 20.1 Å². The number of nitrogens with one attached hydrogen (secondary N) is 3. The number of rotatable bonds is 8. The molecule has 1 aromatic rings. The molecule has 0 heterocycles. The number of likely N-dealkylation sites (N-methyl/N-ethyl adjacent to an activating group) is 1. The lowest BCUT2D eigenvalue weighted by molar-refractivity contribution is -0.121. The first kappa shape index (κ1) is 21.3. The normalized spacial score (nSPS) is 11.2. The fourth-order valence-corrected chi connectivity index (χ4v) is 3.14. The Bertz CT molecular complexity index is 681. The van der Waals surface area contributed by atoms with E-state index in [0.29, 0.717) is 6.54 Å². The molecule has 0 atom stereocenters. The molecule has 0 unspecified atom stereocenters. The summed E-state index contributed by atoms with van der Waals surface area (Å²) in [5.74, 6) is -1.12. The summed E-state index contributed by atoms with van der Waals surface area (Å²) < 4.78 is 38.3. The number of hydrogen-bond acceptors (Lipinski definition) is 4. The van der Waals surface area contributed by atoms with Gasteiger partial charge in [-0.1, -0.05) is 19.8 Å². The highest BCUT2D eigenvalue weighted by atomic mass is 32.2. The molecule has 1 rings (SSSR count). The minimum Gasteiger partial charge on any atom is -0.361 e. The van der Waals surface area contributed by atoms with Gasteiger partial charge in [-0.3, -0.25) is 15.6 Å². The maximum atomic E-state index is 12.9. The topological polar surface area (TPSA) is 90.5 Å². The van der Waals surface area contributed by atoms with Gasteiger partial charge < -0.3 is 5.32 Å². The van der Waals surface area contributed by atoms with Crippen molar-refractivity contribution in [3.63, 3.8) is 0 Å². The van der Waals surface area contributed by atoms with Crippen LogP contribution in [0.1, 0.15) is 26.2 Å². The quantitative estimate of drug-likeness (QED) is 0.350. The Morgan fingerprint density at radius 3 is 2.44 bits per heavy atom. The van der Waals surface area contributed by atoms with Gasteiger partial charge in [-0.15, -0.1) is 0 Å². The zero-order chi connectivity index (χ0) is 18.9. The second-order valence-electron chi connectivity index (χ2n) is 5.35. The molecular formula is C15H23FN4O3S2. The number of benzene rings is 1. The summed E-state index contributed by atoms with van der Waals surface area (Å²) >= 11 is 4.99. The van der Waals surface area contributed by atoms with Gasteiger partial charge >= 0.3 is 0 Å². The van der Waals surface area contributed by atoms with Gasteiger partial charge in [0.05, 0.1) is 11.4 Å². The first-order valence-corrected chi connectivity index (χ1v) is 9.66. The monoisotopic (exact) mass is 390 g/mol. The Hall–Kier alpha value is -1.78. The molecule has 0 radical (unpaired) electrons. The van der Waals surface area contributed by atoms with Gasteiger partial charge in [0.1, 0.15) is 5.82 Å². The van der Waals surface area contributed by atoms with Gasteiger partial charge in [0.25, 0.3) is 5.91 Å². The van der Waals surface area contributed by atoms with E-state index >= 15 is 0 Å². The minimum atomic E-state index is -3.88. The zero-order valence-electron chi connectivity index (χ0n) is 14.2. The van der Waals surface area contributed by atoms with Crippen molar-refractivity contribution in [3.8, 4) is 0 Å². The van der Waals surface area contributed by atoms with Crippen molar-refractivity contribution in [1.82, 2.24) is 20.5 Å². The third kappa shape index (κ3) is 7.32. The summed E-state index contributed by atoms with van der Waals surface area (Å²) in [7, 11) is -2.62. The van der Waals surface area contributed by atoms with Crippen molar-refractivity contribution in [1.29, 1.82) is 0 Å². The van der Waals surface area contributed by atoms with Crippen LogP contribution in [0.3, 0.4) is 0 Å². The number of nitrogens with zero attached hydrogens (tertiary/aromatic N) is 1. The third-order valence-corrected chi connectivity index (χ3v) is 5.33. The molecule has 0 aliphatic carbocycles. The SMILES string of the molecule is CCCCCNC(=S)NNC(=O)CN(C)S(=O)(=O)c1ccc(F)cc1. The van der Waals surface area contributed by atoms with Gasteiger partial charge in [-0.05, 0) is 42.9 Å². The molecule has 0 aromatic heterocycles. The fraction of sp³-hybridized carbons (Fsp3) is 0.467. The van der Waals surface area contributed by atoms with Gasteiger partial charge in [0.2, 0.25) is 10.0 Å². The number of carbonyl (C=O) groups excluding carboxylic acids is 1. The van der Waals surface area contributed by atoms with Crippen molar-refractivity contribution in [2.45, 2.75) is 31.1 Å². The van der Waals surface area contributed by atoms with E-state index in [4.69, 9.17) is 12.2 Å². The number of unbranched alkanes of at least 4 members (excludes halogenated alkanes) is 2. The summed E-state index contributed by atoms with van der Waals surface area (Å²) in [6.45, 7) is 2.37. The average Bonchev–Trinajstić information content (AvgIpc) is 2.57. The van der Waals surface area contributed by atoms with Crippen molar-refractivity contribution in [2.24, 2.45) is 0 Å². The predicted octanol–water partition coefficient (Wildman–Crippen LogP) is 1.13. The predicted molar refractivity (Wildman–Crippen MR) is 97.6 cm³/mol. The molecule has 0 aliphatic rings. The number of hydrogen-bond donors (Lipinski definition) is 3. The maximum Gasteiger partial charge on any atom is 0.253 e. The smallest absolute Gasteiger partial charge is 0.253 e. The number of amides is 1. The van der Waals surface area contributed by atoms with Gasteiger partial charge in [0, 0.05) is 13.6 Å². The summed E-state index contributed by atoms with van der Waals surface area (Å²) in [5.41, 5.74) is 4.84. The summed E-state index contributed by atoms with van der Waals surface area (Å²) in [6.07, 6.45) is 3.13. The van der Waals surface area contributed by atoms with Gasteiger partial charge in [0.15, 0.2) is 5.11 Å². The lowest BCUT2D eigenvalue weighted by Gasteiger charge is -2.17. The first-order valence-electron chi connectivity index (χ1n) is 7.82. The van der Waals surface area contributed by atoms with Crippen LogP contribution < -0.4 is 16.2 Å². The lowest BCUT2D eigenvalue weighted by Crippen LogP contribution is -2.50. The molecule has 1 amide bonds. The van der Waals surface area contributed by atoms with Gasteiger partial charge in [-0.2, -0.15) is 4.31 Å². The van der Waals surface area contributed by atoms with E-state index in [1.807, 2.05) is 0 Å². The molecule has 3 N–H and O–H groups in total. The van der Waals surface area contributed by atoms with E-state index in [0.717, 1.165) is 47.8 Å². The Labute approximate surface area is 153 Å². The van der Waals surface area contributed by atoms with Crippen LogP contribution in [0.15, 0.2) is 29.2 Å². The average molecular weight is 391 g/mol. The van der Waals surface area contributed by atoms with Crippen LogP contribution in [-0.4, -0.2) is 43.9 Å². The molecule has 0 saturated carbocycles. The molecule has 0 bridgehead atoms. The molecule has 10 heteroatoms. The highest BCUT2D eigenvalue weighted by molar-refractivity contribution is 7.89. The molecule has 0 aliphatic heterocycles. The number of sulfonamides is 1. The van der Waals surface area contributed by atoms with Crippen LogP contribution in [0.5, 0.6) is 0 Å². The number of carbonyl (C=O) groups is 1. The Morgan fingerprint density at radius 2 is 1.84 bits per heavy atom. The van der Waals surface area contributed by atoms with E-state index in [9.17, 15) is 17.6 Å². The number of hydrazine groups is 1. The second kappa shape index (κ2) is 10.3. The molecule has 1 aromatic carbocycles. The lowest BCUT2D eigenvalue weighted by atomic mass is 10.2. The minimum absolute atomic E-state index is 0.0923. The largest absolute Gasteiger partial charge is 0.361 e. The molecule has 0 fully saturated rings. The Balaban J connectivity index is 2.45. The van der Waals surface area contributed by atoms with E-state index in [1.165, 1.54) is 7.05 Å². The summed E-state index contributed by atoms with van der Waals surface area (Å²) in [4.78, 5) is 11.7. The number of halogens is 1. The standard InChI is InChI=1S/C15H23FN4O3S2/c1-3-4-5-10-17-15(24)19-18-14(21)11-20(2)25(22,23)13-8-6-12(16)7-9-13/h6-9H,3-5,10-11H2,1-2H3,(H,18,21)(H2,17,19,24). The summed E-state index contributed by atoms with van der Waals surface area (Å²) in [6, 6.07) is 4.38. The third-order valence-electron chi connectivity index (χ3n) is 3.27. The molecule has 7 nitrogen and oxygen atoms in total. The van der Waals surface area contributed by atoms with Crippen LogP contribution in [0.4, 0.5) is 4.39 Å². The molecular weight excluding hydrogens is 367 g/mol. The Kier molecular flexibility index (Phi) is 8.73. The van der Waals surface area contributed by atoms with Crippen LogP contribution in [-0.2, 0) is 14.8 Å². The zero-order valence-corrected chi connectivity index (χ0v) is 15.8. The molecule has 25 heavy (non-hydrogen) atoms. The van der Waals surface area contributed by atoms with Crippen LogP contribution in [0.2, 0.25) is 0 Å². The van der Waals surface area contributed by atoms with Crippen LogP contribution in [0, 0.1) is 5.82 Å². The second-order valence-corrected chi connectivity index (χ2v) is 7.80. The van der Waals surface area contributed by atoms with Crippen LogP contribution >= 0.6 is 12.2 Å². The van der Waals surface area contributed by atoms with E-state index in [2.05, 4.69) is 23.1 Å². The molecule has 0 saturated heterocycles. The van der Waals surface area contributed by atoms with E-state index in [1.54, 1.807) is 0 Å². The number of thiocarbonyl (C=S) groups is 1. The molecule has 0 spiro atoms. The van der Waals surface area contributed by atoms with E-state index in [-0.39, 0.29) is 10.0 Å². The highest BCUT2D eigenvalue weighted by Gasteiger charge is 2.22. The fourth-order valence-electron chi connectivity index (χ4n) is 1.86. The van der Waals surface area contributed by atoms with E-state index < -0.39 is 28.3 Å². The summed E-state index contributed by atoms with van der Waals surface area (Å²) in [5, 5.41) is 3.18. The maximum absolute atomic E-state index is 12.9. The van der Waals surface area contributed by atoms with Crippen molar-refractivity contribution >= 4 is 33.3 Å². The van der Waals surface area contributed by atoms with Crippen LogP contribution in [0.25, 0.3) is 0 Å². The van der Waals surface area contributed by atoms with Gasteiger partial charge in [-0.25, -0.2) is 12.8 Å². The highest BCUT2D eigenvalue weighted by Crippen LogP contribution is 2.14. The van der Waals surface area contributed by atoms with Crippen molar-refractivity contribution in [3.05, 3.63) is 30.1 Å². The van der Waals surface area contributed by atoms with Crippen molar-refractivity contribution < 1.29 is 17.6 Å². The Morgan fingerprint density at radius 1 is 1.20 bits per heavy atom. The first-order chi connectivity index (χ1) is 11.8.